The maximum atomic E-state index is 10.2. The number of ether oxygens (including phenoxy) is 2. The summed E-state index contributed by atoms with van der Waals surface area (Å²) in [4.78, 5) is 20.5. The third-order valence-corrected chi connectivity index (χ3v) is 1.72. The van der Waals surface area contributed by atoms with Gasteiger partial charge in [-0.3, -0.25) is 0 Å². The highest BCUT2D eigenvalue weighted by molar-refractivity contribution is 5.58. The van der Waals surface area contributed by atoms with Crippen LogP contribution < -0.4 is 0 Å². The largest absolute Gasteiger partial charge is 0.506 e. The number of rotatable bonds is 5. The fourth-order valence-corrected chi connectivity index (χ4v) is 1.10. The first-order chi connectivity index (χ1) is 6.51. The third kappa shape index (κ3) is 4.54. The van der Waals surface area contributed by atoms with E-state index in [1.165, 1.54) is 0 Å². The van der Waals surface area contributed by atoms with E-state index in [4.69, 9.17) is 10.2 Å². The number of carboxylic acid groups (broad SMARTS) is 2. The van der Waals surface area contributed by atoms with Gasteiger partial charge in [-0.2, -0.15) is 0 Å². The van der Waals surface area contributed by atoms with Gasteiger partial charge in [0.15, 0.2) is 0 Å². The SMILES string of the molecule is CCC(OC(=O)O)C(CC)OC(=O)O. The van der Waals surface area contributed by atoms with Gasteiger partial charge in [0.1, 0.15) is 12.2 Å². The maximum Gasteiger partial charge on any atom is 0.506 e. The monoisotopic (exact) mass is 206 g/mol. The number of hydrogen-bond acceptors (Lipinski definition) is 4. The van der Waals surface area contributed by atoms with Crippen molar-refractivity contribution in [1.82, 2.24) is 0 Å². The molecule has 0 aliphatic rings. The lowest BCUT2D eigenvalue weighted by Gasteiger charge is -2.22. The fraction of sp³-hybridized carbons (Fsp3) is 0.750. The predicted molar refractivity (Wildman–Crippen MR) is 46.4 cm³/mol. The molecule has 0 aromatic heterocycles. The predicted octanol–water partition coefficient (Wildman–Crippen LogP) is 1.93. The summed E-state index contributed by atoms with van der Waals surface area (Å²) < 4.78 is 8.96. The van der Waals surface area contributed by atoms with Crippen molar-refractivity contribution in [2.24, 2.45) is 0 Å². The molecule has 2 N–H and O–H groups in total. The molecule has 0 amide bonds. The molecule has 6 nitrogen and oxygen atoms in total. The molecule has 14 heavy (non-hydrogen) atoms. The average molecular weight is 206 g/mol. The molecule has 0 saturated heterocycles. The van der Waals surface area contributed by atoms with E-state index in [9.17, 15) is 9.59 Å². The molecule has 2 unspecified atom stereocenters. The summed E-state index contributed by atoms with van der Waals surface area (Å²) in [5.41, 5.74) is 0. The molecule has 0 saturated carbocycles. The highest BCUT2D eigenvalue weighted by Crippen LogP contribution is 2.12. The Labute approximate surface area is 81.4 Å². The minimum absolute atomic E-state index is 0.373. The fourth-order valence-electron chi connectivity index (χ4n) is 1.10. The van der Waals surface area contributed by atoms with Gasteiger partial charge in [-0.1, -0.05) is 13.8 Å². The van der Waals surface area contributed by atoms with Crippen molar-refractivity contribution in [2.45, 2.75) is 38.9 Å². The first-order valence-electron chi connectivity index (χ1n) is 4.30. The van der Waals surface area contributed by atoms with Gasteiger partial charge < -0.3 is 19.7 Å². The highest BCUT2D eigenvalue weighted by Gasteiger charge is 2.25. The van der Waals surface area contributed by atoms with Gasteiger partial charge in [-0.15, -0.1) is 0 Å². The Balaban J connectivity index is 4.28. The molecule has 0 radical (unpaired) electrons. The molecule has 2 atom stereocenters. The van der Waals surface area contributed by atoms with Crippen LogP contribution in [0.1, 0.15) is 26.7 Å². The van der Waals surface area contributed by atoms with Gasteiger partial charge in [-0.05, 0) is 12.8 Å². The molecule has 0 bridgehead atoms. The molecule has 0 aliphatic carbocycles. The molecule has 0 aromatic carbocycles. The summed E-state index contributed by atoms with van der Waals surface area (Å²) in [6, 6.07) is 0. The Kier molecular flexibility index (Phi) is 5.43. The van der Waals surface area contributed by atoms with E-state index in [2.05, 4.69) is 9.47 Å². The van der Waals surface area contributed by atoms with Crippen LogP contribution >= 0.6 is 0 Å². The zero-order chi connectivity index (χ0) is 11.1. The number of hydrogen-bond donors (Lipinski definition) is 2. The number of carbonyl (C=O) groups is 2. The average Bonchev–Trinajstić information content (AvgIpc) is 2.10. The molecule has 0 fully saturated rings. The van der Waals surface area contributed by atoms with Crippen LogP contribution in [-0.2, 0) is 9.47 Å². The van der Waals surface area contributed by atoms with E-state index in [1.54, 1.807) is 13.8 Å². The quantitative estimate of drug-likeness (QED) is 0.667. The van der Waals surface area contributed by atoms with Crippen LogP contribution in [0.15, 0.2) is 0 Å². The van der Waals surface area contributed by atoms with Crippen molar-refractivity contribution < 1.29 is 29.3 Å². The summed E-state index contributed by atoms with van der Waals surface area (Å²) in [6.45, 7) is 3.39. The summed E-state index contributed by atoms with van der Waals surface area (Å²) in [5, 5.41) is 16.7. The molecule has 82 valence electrons. The van der Waals surface area contributed by atoms with Crippen LogP contribution in [0.5, 0.6) is 0 Å². The van der Waals surface area contributed by atoms with Crippen LogP contribution in [0, 0.1) is 0 Å². The Hall–Kier alpha value is -1.46. The normalized spacial score (nSPS) is 14.1. The van der Waals surface area contributed by atoms with Crippen LogP contribution in [0.25, 0.3) is 0 Å². The second kappa shape index (κ2) is 6.06. The molecule has 0 spiro atoms. The third-order valence-electron chi connectivity index (χ3n) is 1.72. The molecule has 0 heterocycles. The first-order valence-corrected chi connectivity index (χ1v) is 4.30. The minimum atomic E-state index is -1.43. The Morgan fingerprint density at radius 1 is 1.00 bits per heavy atom. The maximum absolute atomic E-state index is 10.2. The molecule has 6 heteroatoms. The summed E-state index contributed by atoms with van der Waals surface area (Å²) >= 11 is 0. The lowest BCUT2D eigenvalue weighted by atomic mass is 10.1. The Morgan fingerprint density at radius 3 is 1.43 bits per heavy atom. The second-order valence-electron chi connectivity index (χ2n) is 2.66. The van der Waals surface area contributed by atoms with Gasteiger partial charge in [0, 0.05) is 0 Å². The standard InChI is InChI=1S/C8H14O6/c1-3-5(13-7(9)10)6(4-2)14-8(11)12/h5-6H,3-4H2,1-2H3,(H,9,10)(H,11,12). The lowest BCUT2D eigenvalue weighted by Crippen LogP contribution is -2.33. The van der Waals surface area contributed by atoms with Crippen LogP contribution in [0.3, 0.4) is 0 Å². The topological polar surface area (TPSA) is 93.1 Å². The van der Waals surface area contributed by atoms with E-state index < -0.39 is 24.5 Å². The Morgan fingerprint density at radius 2 is 1.29 bits per heavy atom. The van der Waals surface area contributed by atoms with Crippen molar-refractivity contribution in [3.63, 3.8) is 0 Å². The van der Waals surface area contributed by atoms with Gasteiger partial charge in [-0.25, -0.2) is 9.59 Å². The molecular formula is C8H14O6. The molecule has 0 aromatic rings. The van der Waals surface area contributed by atoms with Gasteiger partial charge in [0.05, 0.1) is 0 Å². The zero-order valence-electron chi connectivity index (χ0n) is 8.10. The summed E-state index contributed by atoms with van der Waals surface area (Å²) in [7, 11) is 0. The summed E-state index contributed by atoms with van der Waals surface area (Å²) in [5.74, 6) is 0. The van der Waals surface area contributed by atoms with Crippen molar-refractivity contribution in [3.05, 3.63) is 0 Å². The van der Waals surface area contributed by atoms with E-state index in [0.29, 0.717) is 12.8 Å². The van der Waals surface area contributed by atoms with E-state index >= 15 is 0 Å². The molecule has 0 rings (SSSR count). The Bertz CT molecular complexity index is 180. The summed E-state index contributed by atoms with van der Waals surface area (Å²) in [6.07, 6.45) is -3.59. The van der Waals surface area contributed by atoms with Gasteiger partial charge in [0.25, 0.3) is 0 Å². The van der Waals surface area contributed by atoms with Crippen molar-refractivity contribution in [2.75, 3.05) is 0 Å². The van der Waals surface area contributed by atoms with E-state index in [-0.39, 0.29) is 0 Å². The van der Waals surface area contributed by atoms with Crippen molar-refractivity contribution >= 4 is 12.3 Å². The van der Waals surface area contributed by atoms with Gasteiger partial charge in [0.2, 0.25) is 0 Å². The second-order valence-corrected chi connectivity index (χ2v) is 2.66. The van der Waals surface area contributed by atoms with E-state index in [0.717, 1.165) is 0 Å². The van der Waals surface area contributed by atoms with Crippen molar-refractivity contribution in [3.8, 4) is 0 Å². The van der Waals surface area contributed by atoms with E-state index in [1.807, 2.05) is 0 Å². The molecular weight excluding hydrogens is 192 g/mol. The van der Waals surface area contributed by atoms with Crippen LogP contribution in [-0.4, -0.2) is 34.7 Å². The molecule has 0 aliphatic heterocycles. The first kappa shape index (κ1) is 12.5. The minimum Gasteiger partial charge on any atom is -0.450 e. The van der Waals surface area contributed by atoms with Gasteiger partial charge >= 0.3 is 12.3 Å². The van der Waals surface area contributed by atoms with Crippen molar-refractivity contribution in [1.29, 1.82) is 0 Å². The van der Waals surface area contributed by atoms with Crippen LogP contribution in [0.2, 0.25) is 0 Å². The lowest BCUT2D eigenvalue weighted by molar-refractivity contribution is -0.0425. The van der Waals surface area contributed by atoms with Crippen LogP contribution in [0.4, 0.5) is 9.59 Å². The highest BCUT2D eigenvalue weighted by atomic mass is 16.7. The smallest absolute Gasteiger partial charge is 0.450 e. The zero-order valence-corrected chi connectivity index (χ0v) is 8.10.